The fourth-order valence-electron chi connectivity index (χ4n) is 1.03. The fourth-order valence-corrected chi connectivity index (χ4v) is 1.69. The molecule has 114 valence electrons. The van der Waals surface area contributed by atoms with Gasteiger partial charge < -0.3 is 0 Å². The van der Waals surface area contributed by atoms with Crippen molar-refractivity contribution in [3.63, 3.8) is 0 Å². The predicted octanol–water partition coefficient (Wildman–Crippen LogP) is 3.87. The molecule has 10 heteroatoms. The van der Waals surface area contributed by atoms with Crippen molar-refractivity contribution in [3.05, 3.63) is 0 Å². The molecule has 0 aliphatic carbocycles. The number of rotatable bonds is 6. The first-order chi connectivity index (χ1) is 8.39. The minimum absolute atomic E-state index is 0.377. The van der Waals surface area contributed by atoms with Gasteiger partial charge in [-0.2, -0.15) is 13.2 Å². The number of halogens is 8. The van der Waals surface area contributed by atoms with Gasteiger partial charge in [0.1, 0.15) is 0 Å². The average Bonchev–Trinajstić information content (AvgIpc) is 2.23. The third-order valence-corrected chi connectivity index (χ3v) is 2.83. The summed E-state index contributed by atoms with van der Waals surface area (Å²) >= 11 is 0.377. The van der Waals surface area contributed by atoms with Crippen molar-refractivity contribution in [3.8, 4) is 0 Å². The van der Waals surface area contributed by atoms with E-state index >= 15 is 0 Å². The van der Waals surface area contributed by atoms with Gasteiger partial charge in [-0.3, -0.25) is 4.79 Å². The van der Waals surface area contributed by atoms with E-state index in [-0.39, 0.29) is 0 Å². The molecule has 0 aliphatic rings. The van der Waals surface area contributed by atoms with Gasteiger partial charge in [0.05, 0.1) is 0 Å². The zero-order valence-corrected chi connectivity index (χ0v) is 10.3. The van der Waals surface area contributed by atoms with Crippen LogP contribution >= 0.6 is 11.8 Å². The summed E-state index contributed by atoms with van der Waals surface area (Å²) in [6, 6.07) is 0. The Morgan fingerprint density at radius 3 is 1.89 bits per heavy atom. The molecule has 0 saturated heterocycles. The van der Waals surface area contributed by atoms with Crippen LogP contribution in [0.25, 0.3) is 0 Å². The standard InChI is InChI=1S/C9H10F8OS/c1-4(18)19-3-2-8(13,14)6(11)5(10)7(12)9(15,16)17/h5-7H,2-3H2,1H3. The molecule has 0 heterocycles. The van der Waals surface area contributed by atoms with E-state index < -0.39 is 47.9 Å². The molecule has 0 N–H and O–H groups in total. The summed E-state index contributed by atoms with van der Waals surface area (Å²) < 4.78 is 99.2. The van der Waals surface area contributed by atoms with E-state index in [1.54, 1.807) is 0 Å². The molecular weight excluding hydrogens is 308 g/mol. The van der Waals surface area contributed by atoms with E-state index in [1.165, 1.54) is 0 Å². The number of hydrogen-bond acceptors (Lipinski definition) is 2. The van der Waals surface area contributed by atoms with Gasteiger partial charge in [0.15, 0.2) is 17.5 Å². The maximum atomic E-state index is 13.0. The molecule has 0 spiro atoms. The highest BCUT2D eigenvalue weighted by Gasteiger charge is 2.55. The lowest BCUT2D eigenvalue weighted by molar-refractivity contribution is -0.215. The van der Waals surface area contributed by atoms with Crippen LogP contribution in [-0.4, -0.2) is 41.5 Å². The summed E-state index contributed by atoms with van der Waals surface area (Å²) in [6.07, 6.45) is -19.4. The van der Waals surface area contributed by atoms with Crippen LogP contribution in [-0.2, 0) is 4.79 Å². The van der Waals surface area contributed by atoms with Gasteiger partial charge in [0.25, 0.3) is 5.92 Å². The number of alkyl halides is 8. The molecule has 0 fully saturated rings. The Balaban J connectivity index is 4.59. The van der Waals surface area contributed by atoms with Crippen LogP contribution in [0.5, 0.6) is 0 Å². The van der Waals surface area contributed by atoms with E-state index in [0.717, 1.165) is 6.92 Å². The van der Waals surface area contributed by atoms with Crippen molar-refractivity contribution in [2.75, 3.05) is 5.75 Å². The topological polar surface area (TPSA) is 17.1 Å². The molecule has 0 aliphatic heterocycles. The highest BCUT2D eigenvalue weighted by molar-refractivity contribution is 8.13. The maximum Gasteiger partial charge on any atom is 0.422 e. The van der Waals surface area contributed by atoms with E-state index in [2.05, 4.69) is 0 Å². The van der Waals surface area contributed by atoms with Crippen molar-refractivity contribution in [2.45, 2.75) is 44.0 Å². The van der Waals surface area contributed by atoms with Crippen molar-refractivity contribution in [2.24, 2.45) is 0 Å². The predicted molar refractivity (Wildman–Crippen MR) is 53.4 cm³/mol. The Morgan fingerprint density at radius 2 is 1.53 bits per heavy atom. The lowest BCUT2D eigenvalue weighted by atomic mass is 10.0. The van der Waals surface area contributed by atoms with Gasteiger partial charge in [0.2, 0.25) is 6.17 Å². The van der Waals surface area contributed by atoms with Gasteiger partial charge in [-0.1, -0.05) is 11.8 Å². The molecule has 0 amide bonds. The van der Waals surface area contributed by atoms with Crippen LogP contribution in [0.15, 0.2) is 0 Å². The lowest BCUT2D eigenvalue weighted by Crippen LogP contribution is -2.47. The van der Waals surface area contributed by atoms with Gasteiger partial charge in [-0.25, -0.2) is 22.0 Å². The van der Waals surface area contributed by atoms with E-state index in [9.17, 15) is 39.9 Å². The molecule has 1 nitrogen and oxygen atoms in total. The summed E-state index contributed by atoms with van der Waals surface area (Å²) in [4.78, 5) is 10.4. The Kier molecular flexibility index (Phi) is 6.56. The second-order valence-corrected chi connectivity index (χ2v) is 4.91. The Bertz CT molecular complexity index is 305. The van der Waals surface area contributed by atoms with Crippen molar-refractivity contribution < 1.29 is 39.9 Å². The largest absolute Gasteiger partial charge is 0.422 e. The second kappa shape index (κ2) is 6.76. The molecule has 0 rings (SSSR count). The molecule has 3 atom stereocenters. The summed E-state index contributed by atoms with van der Waals surface area (Å²) in [5, 5.41) is -0.568. The van der Waals surface area contributed by atoms with Crippen molar-refractivity contribution in [1.29, 1.82) is 0 Å². The van der Waals surface area contributed by atoms with Crippen molar-refractivity contribution >= 4 is 16.9 Å². The molecule has 3 unspecified atom stereocenters. The molecule has 0 aromatic rings. The van der Waals surface area contributed by atoms with Gasteiger partial charge >= 0.3 is 6.18 Å². The summed E-state index contributed by atoms with van der Waals surface area (Å²) in [5.41, 5.74) is 0. The van der Waals surface area contributed by atoms with Crippen LogP contribution in [0.1, 0.15) is 13.3 Å². The lowest BCUT2D eigenvalue weighted by Gasteiger charge is -2.25. The molecule has 0 bridgehead atoms. The fraction of sp³-hybridized carbons (Fsp3) is 0.889. The van der Waals surface area contributed by atoms with Crippen LogP contribution < -0.4 is 0 Å². The number of carbonyl (C=O) groups excluding carboxylic acids is 1. The monoisotopic (exact) mass is 318 g/mol. The molecular formula is C9H10F8OS. The third kappa shape index (κ3) is 5.96. The molecule has 0 aromatic carbocycles. The van der Waals surface area contributed by atoms with E-state index in [4.69, 9.17) is 0 Å². The Labute approximate surface area is 107 Å². The van der Waals surface area contributed by atoms with Crippen molar-refractivity contribution in [1.82, 2.24) is 0 Å². The average molecular weight is 318 g/mol. The number of thioether (sulfide) groups is 1. The first kappa shape index (κ1) is 18.5. The molecule has 0 radical (unpaired) electrons. The minimum Gasteiger partial charge on any atom is -0.288 e. The number of carbonyl (C=O) groups is 1. The first-order valence-electron chi connectivity index (χ1n) is 4.89. The zero-order valence-electron chi connectivity index (χ0n) is 9.49. The van der Waals surface area contributed by atoms with Crippen LogP contribution in [0.2, 0.25) is 0 Å². The van der Waals surface area contributed by atoms with Crippen LogP contribution in [0, 0.1) is 0 Å². The first-order valence-corrected chi connectivity index (χ1v) is 5.88. The Morgan fingerprint density at radius 1 is 1.05 bits per heavy atom. The normalized spacial score (nSPS) is 17.9. The van der Waals surface area contributed by atoms with Gasteiger partial charge in [-0.15, -0.1) is 0 Å². The molecule has 0 saturated carbocycles. The quantitative estimate of drug-likeness (QED) is 0.692. The van der Waals surface area contributed by atoms with E-state index in [0.29, 0.717) is 11.8 Å². The van der Waals surface area contributed by atoms with Gasteiger partial charge in [0, 0.05) is 19.1 Å². The highest BCUT2D eigenvalue weighted by atomic mass is 32.2. The summed E-state index contributed by atoms with van der Waals surface area (Å²) in [6.45, 7) is 1.04. The van der Waals surface area contributed by atoms with E-state index in [1.807, 2.05) is 0 Å². The molecule has 0 aromatic heterocycles. The minimum atomic E-state index is -5.76. The maximum absolute atomic E-state index is 13.0. The zero-order chi connectivity index (χ0) is 15.4. The van der Waals surface area contributed by atoms with Gasteiger partial charge in [-0.05, 0) is 0 Å². The highest BCUT2D eigenvalue weighted by Crippen LogP contribution is 2.36. The second-order valence-electron chi connectivity index (χ2n) is 3.64. The number of hydrogen-bond donors (Lipinski definition) is 0. The smallest absolute Gasteiger partial charge is 0.288 e. The summed E-state index contributed by atoms with van der Waals surface area (Å²) in [7, 11) is 0. The summed E-state index contributed by atoms with van der Waals surface area (Å²) in [5.74, 6) is -5.10. The molecule has 19 heavy (non-hydrogen) atoms. The SMILES string of the molecule is CC(=O)SCCC(F)(F)C(F)C(F)C(F)C(F)(F)F. The van der Waals surface area contributed by atoms with Crippen LogP contribution in [0.3, 0.4) is 0 Å². The third-order valence-electron chi connectivity index (χ3n) is 2.02. The van der Waals surface area contributed by atoms with Crippen LogP contribution in [0.4, 0.5) is 35.1 Å². The Hall–Kier alpha value is -0.540.